The van der Waals surface area contributed by atoms with Gasteiger partial charge in [-0.2, -0.15) is 0 Å². The lowest BCUT2D eigenvalue weighted by Crippen LogP contribution is -2.28. The minimum Gasteiger partial charge on any atom is -0.396 e. The summed E-state index contributed by atoms with van der Waals surface area (Å²) in [5, 5.41) is 14.8. The van der Waals surface area contributed by atoms with Gasteiger partial charge in [0.15, 0.2) is 0 Å². The second kappa shape index (κ2) is 7.34. The number of hydrogen-bond acceptors (Lipinski definition) is 4. The molecule has 136 valence electrons. The molecule has 1 aromatic carbocycles. The molecule has 3 heterocycles. The van der Waals surface area contributed by atoms with Crippen LogP contribution < -0.4 is 10.9 Å². The van der Waals surface area contributed by atoms with E-state index in [4.69, 9.17) is 5.11 Å². The summed E-state index contributed by atoms with van der Waals surface area (Å²) >= 11 is 1.51. The SMILES string of the molecule is O=C(NCCCO)c1cc(-c2ccccc2)c(=O)n2ccc3ccsc3c12. The summed E-state index contributed by atoms with van der Waals surface area (Å²) in [5.74, 6) is -0.251. The number of nitrogens with zero attached hydrogens (tertiary/aromatic N) is 1. The minimum absolute atomic E-state index is 0.0136. The van der Waals surface area contributed by atoms with Crippen LogP contribution >= 0.6 is 11.3 Å². The fraction of sp³-hybridized carbons (Fsp3) is 0.143. The second-order valence-electron chi connectivity index (χ2n) is 6.22. The summed E-state index contributed by atoms with van der Waals surface area (Å²) in [7, 11) is 0. The van der Waals surface area contributed by atoms with Crippen LogP contribution in [0.25, 0.3) is 26.7 Å². The molecule has 5 nitrogen and oxygen atoms in total. The van der Waals surface area contributed by atoms with Gasteiger partial charge in [0.2, 0.25) is 0 Å². The van der Waals surface area contributed by atoms with E-state index in [1.54, 1.807) is 16.7 Å². The molecule has 0 saturated carbocycles. The lowest BCUT2D eigenvalue weighted by atomic mass is 10.0. The summed E-state index contributed by atoms with van der Waals surface area (Å²) in [6.07, 6.45) is 2.21. The second-order valence-corrected chi connectivity index (χ2v) is 7.13. The summed E-state index contributed by atoms with van der Waals surface area (Å²) in [6.45, 7) is 0.390. The highest BCUT2D eigenvalue weighted by Crippen LogP contribution is 2.29. The summed E-state index contributed by atoms with van der Waals surface area (Å²) in [4.78, 5) is 26.0. The van der Waals surface area contributed by atoms with Gasteiger partial charge in [0.1, 0.15) is 0 Å². The Bertz CT molecular complexity index is 1180. The van der Waals surface area contributed by atoms with Crippen molar-refractivity contribution in [1.29, 1.82) is 0 Å². The van der Waals surface area contributed by atoms with E-state index in [-0.39, 0.29) is 18.1 Å². The van der Waals surface area contributed by atoms with E-state index in [0.29, 0.717) is 29.6 Å². The third-order valence-corrected chi connectivity index (χ3v) is 5.43. The Labute approximate surface area is 159 Å². The number of aliphatic hydroxyl groups is 1. The number of nitrogens with one attached hydrogen (secondary N) is 1. The van der Waals surface area contributed by atoms with Crippen molar-refractivity contribution in [2.45, 2.75) is 6.42 Å². The average Bonchev–Trinajstić information content (AvgIpc) is 3.18. The lowest BCUT2D eigenvalue weighted by molar-refractivity contribution is 0.0952. The Kier molecular flexibility index (Phi) is 4.75. The number of hydrogen-bond donors (Lipinski definition) is 2. The number of thiophene rings is 1. The molecule has 27 heavy (non-hydrogen) atoms. The molecule has 0 aliphatic heterocycles. The first-order valence-corrected chi connectivity index (χ1v) is 9.58. The third-order valence-electron chi connectivity index (χ3n) is 4.50. The fourth-order valence-electron chi connectivity index (χ4n) is 3.18. The molecule has 0 aliphatic carbocycles. The normalized spacial score (nSPS) is 11.1. The standard InChI is InChI=1S/C21H18N2O3S/c24-11-4-9-22-20(25)17-13-16(14-5-2-1-3-6-14)21(26)23-10-7-15-8-12-27-19(15)18(17)23/h1-3,5-8,10,12-13,24H,4,9,11H2,(H,22,25). The molecule has 4 aromatic rings. The first kappa shape index (κ1) is 17.5. The predicted octanol–water partition coefficient (Wildman–Crippen LogP) is 3.29. The zero-order chi connectivity index (χ0) is 18.8. The van der Waals surface area contributed by atoms with Crippen LogP contribution in [-0.2, 0) is 0 Å². The minimum atomic E-state index is -0.251. The molecule has 0 saturated heterocycles. The molecule has 0 fully saturated rings. The van der Waals surface area contributed by atoms with Crippen LogP contribution in [0, 0.1) is 0 Å². The van der Waals surface area contributed by atoms with Crippen LogP contribution in [0.2, 0.25) is 0 Å². The zero-order valence-electron chi connectivity index (χ0n) is 14.5. The first-order chi connectivity index (χ1) is 13.2. The molecule has 1 amide bonds. The monoisotopic (exact) mass is 378 g/mol. The van der Waals surface area contributed by atoms with Crippen LogP contribution in [0.3, 0.4) is 0 Å². The molecule has 6 heteroatoms. The summed E-state index contributed by atoms with van der Waals surface area (Å²) < 4.78 is 2.46. The van der Waals surface area contributed by atoms with Crippen molar-refractivity contribution in [3.8, 4) is 11.1 Å². The lowest BCUT2D eigenvalue weighted by Gasteiger charge is -2.12. The van der Waals surface area contributed by atoms with Gasteiger partial charge in [-0.05, 0) is 40.9 Å². The van der Waals surface area contributed by atoms with E-state index < -0.39 is 0 Å². The van der Waals surface area contributed by atoms with Gasteiger partial charge in [-0.3, -0.25) is 14.0 Å². The number of fused-ring (bicyclic) bond motifs is 3. The molecule has 4 rings (SSSR count). The maximum Gasteiger partial charge on any atom is 0.263 e. The fourth-order valence-corrected chi connectivity index (χ4v) is 4.12. The van der Waals surface area contributed by atoms with Gasteiger partial charge in [-0.1, -0.05) is 30.3 Å². The van der Waals surface area contributed by atoms with E-state index in [9.17, 15) is 9.59 Å². The number of aliphatic hydroxyl groups excluding tert-OH is 1. The van der Waals surface area contributed by atoms with Crippen molar-refractivity contribution in [1.82, 2.24) is 9.72 Å². The van der Waals surface area contributed by atoms with Gasteiger partial charge in [0.05, 0.1) is 15.8 Å². The number of carbonyl (C=O) groups excluding carboxylic acids is 1. The number of rotatable bonds is 5. The summed E-state index contributed by atoms with van der Waals surface area (Å²) in [6, 6.07) is 14.9. The molecule has 0 spiro atoms. The Balaban J connectivity index is 2.00. The van der Waals surface area contributed by atoms with E-state index in [2.05, 4.69) is 5.32 Å². The largest absolute Gasteiger partial charge is 0.396 e. The average molecular weight is 378 g/mol. The first-order valence-electron chi connectivity index (χ1n) is 8.71. The Morgan fingerprint density at radius 3 is 2.74 bits per heavy atom. The van der Waals surface area contributed by atoms with E-state index >= 15 is 0 Å². The highest BCUT2D eigenvalue weighted by atomic mass is 32.1. The molecule has 0 atom stereocenters. The maximum atomic E-state index is 13.1. The van der Waals surface area contributed by atoms with Crippen LogP contribution in [-0.4, -0.2) is 28.6 Å². The molecule has 2 N–H and O–H groups in total. The highest BCUT2D eigenvalue weighted by Gasteiger charge is 2.18. The highest BCUT2D eigenvalue weighted by molar-refractivity contribution is 7.18. The van der Waals surface area contributed by atoms with E-state index in [1.807, 2.05) is 47.8 Å². The number of amides is 1. The van der Waals surface area contributed by atoms with Crippen molar-refractivity contribution in [2.75, 3.05) is 13.2 Å². The third kappa shape index (κ3) is 3.13. The van der Waals surface area contributed by atoms with Gasteiger partial charge >= 0.3 is 0 Å². The van der Waals surface area contributed by atoms with Crippen molar-refractivity contribution in [3.63, 3.8) is 0 Å². The van der Waals surface area contributed by atoms with Crippen molar-refractivity contribution >= 4 is 32.8 Å². The molecule has 0 aliphatic rings. The van der Waals surface area contributed by atoms with Gasteiger partial charge in [0.25, 0.3) is 11.5 Å². The Hall–Kier alpha value is -2.96. The van der Waals surface area contributed by atoms with Gasteiger partial charge in [0, 0.05) is 24.9 Å². The Morgan fingerprint density at radius 1 is 1.15 bits per heavy atom. The topological polar surface area (TPSA) is 70.8 Å². The van der Waals surface area contributed by atoms with Crippen molar-refractivity contribution in [3.05, 3.63) is 76.0 Å². The smallest absolute Gasteiger partial charge is 0.263 e. The van der Waals surface area contributed by atoms with Crippen LogP contribution in [0.1, 0.15) is 16.8 Å². The maximum absolute atomic E-state index is 13.1. The molecule has 0 bridgehead atoms. The van der Waals surface area contributed by atoms with Crippen molar-refractivity contribution < 1.29 is 9.90 Å². The number of pyridine rings is 2. The van der Waals surface area contributed by atoms with Crippen LogP contribution in [0.15, 0.2) is 64.9 Å². The molecule has 0 unspecified atom stereocenters. The molecular formula is C21H18N2O3S. The number of benzene rings is 1. The van der Waals surface area contributed by atoms with Gasteiger partial charge in [-0.15, -0.1) is 11.3 Å². The predicted molar refractivity (Wildman–Crippen MR) is 109 cm³/mol. The zero-order valence-corrected chi connectivity index (χ0v) is 15.3. The number of aromatic nitrogens is 1. The van der Waals surface area contributed by atoms with Crippen LogP contribution in [0.4, 0.5) is 0 Å². The van der Waals surface area contributed by atoms with E-state index in [1.165, 1.54) is 11.3 Å². The van der Waals surface area contributed by atoms with Crippen LogP contribution in [0.5, 0.6) is 0 Å². The van der Waals surface area contributed by atoms with Gasteiger partial charge < -0.3 is 10.4 Å². The Morgan fingerprint density at radius 2 is 1.96 bits per heavy atom. The van der Waals surface area contributed by atoms with Gasteiger partial charge in [-0.25, -0.2) is 0 Å². The van der Waals surface area contributed by atoms with E-state index in [0.717, 1.165) is 15.6 Å². The van der Waals surface area contributed by atoms with Crippen molar-refractivity contribution in [2.24, 2.45) is 0 Å². The molecule has 0 radical (unpaired) electrons. The quantitative estimate of drug-likeness (QED) is 0.524. The molecule has 3 aromatic heterocycles. The number of carbonyl (C=O) groups is 1. The molecular weight excluding hydrogens is 360 g/mol. The summed E-state index contributed by atoms with van der Waals surface area (Å²) in [5.41, 5.74) is 2.18.